The van der Waals surface area contributed by atoms with E-state index in [0.29, 0.717) is 23.0 Å². The highest BCUT2D eigenvalue weighted by atomic mass is 32.2. The fourth-order valence-electron chi connectivity index (χ4n) is 4.09. The lowest BCUT2D eigenvalue weighted by Gasteiger charge is -2.24. The Labute approximate surface area is 230 Å². The van der Waals surface area contributed by atoms with Crippen molar-refractivity contribution >= 4 is 57.2 Å². The quantitative estimate of drug-likeness (QED) is 0.225. The molecular weight excluding hydrogens is 510 g/mol. The van der Waals surface area contributed by atoms with Crippen LogP contribution in [0.2, 0.25) is 0 Å². The van der Waals surface area contributed by atoms with Gasteiger partial charge in [-0.15, -0.1) is 11.8 Å². The standard InChI is InChI=1S/C30H29N5O3S/c1-30(2,3)38-29(37)35(4)26-16-19(14-15-31-26)18-39-24-11-7-10-23-27(24)21(17-32-23)28(36)34-25-13-12-20-8-5-6-9-22(20)33-25/h5-17,32H,18H2,1-4H3,(H,33,34,36). The van der Waals surface area contributed by atoms with Crippen molar-refractivity contribution in [2.24, 2.45) is 0 Å². The van der Waals surface area contributed by atoms with Crippen molar-refractivity contribution in [1.29, 1.82) is 0 Å². The maximum Gasteiger partial charge on any atom is 0.415 e. The van der Waals surface area contributed by atoms with E-state index in [1.54, 1.807) is 37.3 Å². The van der Waals surface area contributed by atoms with Crippen LogP contribution in [-0.4, -0.2) is 39.6 Å². The number of aromatic nitrogens is 3. The number of carbonyl (C=O) groups excluding carboxylic acids is 2. The van der Waals surface area contributed by atoms with Crippen molar-refractivity contribution in [2.45, 2.75) is 37.0 Å². The normalized spacial score (nSPS) is 11.5. The van der Waals surface area contributed by atoms with Gasteiger partial charge < -0.3 is 15.0 Å². The first-order valence-electron chi connectivity index (χ1n) is 12.5. The number of aromatic amines is 1. The Hall–Kier alpha value is -4.37. The molecule has 0 radical (unpaired) electrons. The number of hydrogen-bond acceptors (Lipinski definition) is 6. The Morgan fingerprint density at radius 2 is 1.87 bits per heavy atom. The number of amides is 2. The molecule has 5 aromatic rings. The van der Waals surface area contributed by atoms with Gasteiger partial charge in [-0.25, -0.2) is 14.8 Å². The molecule has 0 saturated heterocycles. The van der Waals surface area contributed by atoms with E-state index in [2.05, 4.69) is 20.3 Å². The summed E-state index contributed by atoms with van der Waals surface area (Å²) in [6, 6.07) is 21.2. The zero-order valence-electron chi connectivity index (χ0n) is 22.2. The predicted octanol–water partition coefficient (Wildman–Crippen LogP) is 7.03. The van der Waals surface area contributed by atoms with Crippen molar-refractivity contribution < 1.29 is 14.3 Å². The second-order valence-electron chi connectivity index (χ2n) is 10.1. The van der Waals surface area contributed by atoms with Gasteiger partial charge in [0.25, 0.3) is 5.91 Å². The second kappa shape index (κ2) is 10.8. The molecule has 3 heterocycles. The lowest BCUT2D eigenvalue weighted by molar-refractivity contribution is 0.0588. The van der Waals surface area contributed by atoms with Crippen molar-refractivity contribution in [1.82, 2.24) is 15.0 Å². The Balaban J connectivity index is 1.34. The molecule has 0 spiro atoms. The number of anilines is 2. The molecule has 0 aliphatic carbocycles. The van der Waals surface area contributed by atoms with E-state index in [9.17, 15) is 9.59 Å². The average Bonchev–Trinajstić information content (AvgIpc) is 3.36. The summed E-state index contributed by atoms with van der Waals surface area (Å²) >= 11 is 1.61. The van der Waals surface area contributed by atoms with Gasteiger partial charge in [0, 0.05) is 46.4 Å². The van der Waals surface area contributed by atoms with Gasteiger partial charge in [0.15, 0.2) is 0 Å². The molecule has 9 heteroatoms. The van der Waals surface area contributed by atoms with Gasteiger partial charge in [0.2, 0.25) is 0 Å². The molecule has 8 nitrogen and oxygen atoms in total. The molecule has 0 saturated carbocycles. The van der Waals surface area contributed by atoms with Crippen LogP contribution in [-0.2, 0) is 10.5 Å². The molecule has 2 aromatic carbocycles. The number of rotatable bonds is 6. The van der Waals surface area contributed by atoms with Gasteiger partial charge in [0.05, 0.1) is 11.1 Å². The van der Waals surface area contributed by atoms with Gasteiger partial charge in [-0.2, -0.15) is 0 Å². The number of nitrogens with zero attached hydrogens (tertiary/aromatic N) is 3. The smallest absolute Gasteiger partial charge is 0.415 e. The predicted molar refractivity (Wildman–Crippen MR) is 156 cm³/mol. The topological polar surface area (TPSA) is 100 Å². The van der Waals surface area contributed by atoms with E-state index in [4.69, 9.17) is 4.74 Å². The number of hydrogen-bond donors (Lipinski definition) is 2. The van der Waals surface area contributed by atoms with Crippen LogP contribution in [0.1, 0.15) is 36.7 Å². The van der Waals surface area contributed by atoms with Gasteiger partial charge in [-0.1, -0.05) is 24.3 Å². The molecule has 198 valence electrons. The van der Waals surface area contributed by atoms with Crippen molar-refractivity contribution in [3.05, 3.63) is 90.3 Å². The fourth-order valence-corrected chi connectivity index (χ4v) is 5.13. The minimum absolute atomic E-state index is 0.234. The summed E-state index contributed by atoms with van der Waals surface area (Å²) in [6.07, 6.45) is 2.94. The number of nitrogens with one attached hydrogen (secondary N) is 2. The largest absolute Gasteiger partial charge is 0.443 e. The van der Waals surface area contributed by atoms with E-state index in [0.717, 1.165) is 32.3 Å². The van der Waals surface area contributed by atoms with E-state index >= 15 is 0 Å². The molecule has 2 N–H and O–H groups in total. The lowest BCUT2D eigenvalue weighted by atomic mass is 10.1. The number of thioether (sulfide) groups is 1. The molecule has 5 rings (SSSR count). The molecule has 0 atom stereocenters. The van der Waals surface area contributed by atoms with E-state index < -0.39 is 11.7 Å². The summed E-state index contributed by atoms with van der Waals surface area (Å²) in [7, 11) is 1.64. The molecule has 2 amide bonds. The first-order valence-corrected chi connectivity index (χ1v) is 13.5. The number of benzene rings is 2. The van der Waals surface area contributed by atoms with E-state index in [-0.39, 0.29) is 5.91 Å². The van der Waals surface area contributed by atoms with Crippen LogP contribution in [0.3, 0.4) is 0 Å². The average molecular weight is 540 g/mol. The summed E-state index contributed by atoms with van der Waals surface area (Å²) in [4.78, 5) is 40.3. The Bertz CT molecular complexity index is 1670. The van der Waals surface area contributed by atoms with Crippen LogP contribution in [0, 0.1) is 0 Å². The van der Waals surface area contributed by atoms with Crippen LogP contribution in [0.25, 0.3) is 21.8 Å². The molecule has 3 aromatic heterocycles. The van der Waals surface area contributed by atoms with Crippen molar-refractivity contribution in [3.8, 4) is 0 Å². The van der Waals surface area contributed by atoms with Crippen molar-refractivity contribution in [2.75, 3.05) is 17.3 Å². The van der Waals surface area contributed by atoms with Crippen LogP contribution in [0.5, 0.6) is 0 Å². The summed E-state index contributed by atoms with van der Waals surface area (Å²) < 4.78 is 5.46. The number of carbonyl (C=O) groups is 2. The molecule has 0 fully saturated rings. The molecular formula is C30H29N5O3S. The van der Waals surface area contributed by atoms with Gasteiger partial charge in [-0.3, -0.25) is 9.69 Å². The summed E-state index contributed by atoms with van der Waals surface area (Å²) in [6.45, 7) is 5.48. The molecule has 0 aliphatic heterocycles. The Morgan fingerprint density at radius 1 is 1.05 bits per heavy atom. The molecule has 0 bridgehead atoms. The minimum atomic E-state index is -0.595. The maximum absolute atomic E-state index is 13.3. The maximum atomic E-state index is 13.3. The number of pyridine rings is 2. The van der Waals surface area contributed by atoms with Crippen LogP contribution in [0.4, 0.5) is 16.4 Å². The van der Waals surface area contributed by atoms with Crippen molar-refractivity contribution in [3.63, 3.8) is 0 Å². The Kier molecular flexibility index (Phi) is 7.26. The first-order chi connectivity index (χ1) is 18.7. The van der Waals surface area contributed by atoms with Gasteiger partial charge in [-0.05, 0) is 68.8 Å². The third-order valence-electron chi connectivity index (χ3n) is 5.97. The second-order valence-corrected chi connectivity index (χ2v) is 11.1. The van der Waals surface area contributed by atoms with E-state index in [1.807, 2.05) is 81.4 Å². The number of H-pyrrole nitrogens is 1. The summed E-state index contributed by atoms with van der Waals surface area (Å²) in [5.74, 6) is 1.39. The highest BCUT2D eigenvalue weighted by Crippen LogP contribution is 2.33. The molecule has 0 unspecified atom stereocenters. The Morgan fingerprint density at radius 3 is 2.69 bits per heavy atom. The van der Waals surface area contributed by atoms with Gasteiger partial charge >= 0.3 is 6.09 Å². The minimum Gasteiger partial charge on any atom is -0.443 e. The van der Waals surface area contributed by atoms with E-state index in [1.165, 1.54) is 4.90 Å². The van der Waals surface area contributed by atoms with Gasteiger partial charge in [0.1, 0.15) is 17.2 Å². The summed E-state index contributed by atoms with van der Waals surface area (Å²) in [5, 5.41) is 4.80. The number of fused-ring (bicyclic) bond motifs is 2. The third kappa shape index (κ3) is 6.04. The SMILES string of the molecule is CN(C(=O)OC(C)(C)C)c1cc(CSc2cccc3[nH]cc(C(=O)Nc4ccc5ccccc5n4)c23)ccn1. The number of para-hydroxylation sites is 1. The monoisotopic (exact) mass is 539 g/mol. The highest BCUT2D eigenvalue weighted by Gasteiger charge is 2.22. The molecule has 0 aliphatic rings. The zero-order valence-corrected chi connectivity index (χ0v) is 23.0. The van der Waals surface area contributed by atoms with Crippen LogP contribution in [0.15, 0.2) is 84.0 Å². The summed E-state index contributed by atoms with van der Waals surface area (Å²) in [5.41, 5.74) is 2.63. The first kappa shape index (κ1) is 26.2. The lowest BCUT2D eigenvalue weighted by Crippen LogP contribution is -2.34. The van der Waals surface area contributed by atoms with Crippen LogP contribution < -0.4 is 10.2 Å². The van der Waals surface area contributed by atoms with Crippen LogP contribution >= 0.6 is 11.8 Å². The third-order valence-corrected chi connectivity index (χ3v) is 7.10. The fraction of sp³-hybridized carbons (Fsp3) is 0.200. The molecule has 39 heavy (non-hydrogen) atoms. The number of ether oxygens (including phenoxy) is 1. The zero-order chi connectivity index (χ0) is 27.6. The highest BCUT2D eigenvalue weighted by molar-refractivity contribution is 7.98.